The van der Waals surface area contributed by atoms with Crippen molar-refractivity contribution in [2.24, 2.45) is 11.8 Å². The summed E-state index contributed by atoms with van der Waals surface area (Å²) < 4.78 is 13.0. The minimum Gasteiger partial charge on any atom is -0.484 e. The molecule has 2 bridgehead atoms. The van der Waals surface area contributed by atoms with Crippen molar-refractivity contribution in [3.63, 3.8) is 0 Å². The fourth-order valence-electron chi connectivity index (χ4n) is 9.80. The standard InChI is InChI=1S/C39H54N2O4/c1-3-4-11-21-40(22-12-6-5-8-13-28-14-9-7-10-15-28)32-18-17-31-33-24-29-16-19-35(44-27(2)42)37-36(29)39(31,38(32)45-37)20-23-41(33)26-30-25-34(30)43/h7,9-10,14-16,19,30-34,38,43H,3-6,8,11-13,17-18,20-26H2,1-2H3/t30?,31-,32-,33+,34?,38-,39-/m0/s1. The number of ether oxygens (including phenoxy) is 2. The van der Waals surface area contributed by atoms with E-state index in [0.717, 1.165) is 51.2 Å². The largest absolute Gasteiger partial charge is 0.484 e. The first-order valence-corrected chi connectivity index (χ1v) is 18.2. The van der Waals surface area contributed by atoms with Gasteiger partial charge in [0.2, 0.25) is 0 Å². The lowest BCUT2D eigenvalue weighted by atomic mass is 9.51. The van der Waals surface area contributed by atoms with Gasteiger partial charge in [-0.05, 0) is 101 Å². The molecule has 3 fully saturated rings. The van der Waals surface area contributed by atoms with E-state index in [2.05, 4.69) is 53.1 Å². The molecule has 0 radical (unpaired) electrons. The van der Waals surface area contributed by atoms with Gasteiger partial charge in [0.05, 0.1) is 6.10 Å². The summed E-state index contributed by atoms with van der Waals surface area (Å²) in [6.45, 7) is 8.15. The van der Waals surface area contributed by atoms with Crippen molar-refractivity contribution in [1.82, 2.24) is 9.80 Å². The van der Waals surface area contributed by atoms with Crippen LogP contribution >= 0.6 is 0 Å². The summed E-state index contributed by atoms with van der Waals surface area (Å²) in [4.78, 5) is 17.7. The summed E-state index contributed by atoms with van der Waals surface area (Å²) in [7, 11) is 0. The molecule has 5 aliphatic rings. The number of aliphatic hydroxyl groups excluding tert-OH is 1. The molecule has 6 heteroatoms. The zero-order valence-corrected chi connectivity index (χ0v) is 27.6. The molecule has 1 N–H and O–H groups in total. The van der Waals surface area contributed by atoms with Crippen LogP contribution in [0.2, 0.25) is 0 Å². The molecule has 6 nitrogen and oxygen atoms in total. The number of aliphatic hydroxyl groups is 1. The highest BCUT2D eigenvalue weighted by Crippen LogP contribution is 2.64. The molecule has 2 heterocycles. The molecule has 1 saturated heterocycles. The summed E-state index contributed by atoms with van der Waals surface area (Å²) >= 11 is 0. The maximum Gasteiger partial charge on any atom is 0.308 e. The van der Waals surface area contributed by atoms with Crippen LogP contribution in [0.25, 0.3) is 0 Å². The topological polar surface area (TPSA) is 62.2 Å². The van der Waals surface area contributed by atoms with Crippen LogP contribution in [0.15, 0.2) is 42.5 Å². The number of nitrogens with zero attached hydrogens (tertiary/aromatic N) is 2. The molecule has 0 aromatic heterocycles. The number of rotatable bonds is 15. The van der Waals surface area contributed by atoms with E-state index in [-0.39, 0.29) is 23.6 Å². The van der Waals surface area contributed by atoms with E-state index in [9.17, 15) is 9.90 Å². The smallest absolute Gasteiger partial charge is 0.308 e. The Morgan fingerprint density at radius 1 is 1.04 bits per heavy atom. The second kappa shape index (κ2) is 13.4. The fourth-order valence-corrected chi connectivity index (χ4v) is 9.80. The second-order valence-corrected chi connectivity index (χ2v) is 14.8. The van der Waals surface area contributed by atoms with Crippen LogP contribution in [0, 0.1) is 11.8 Å². The maximum atomic E-state index is 12.2. The zero-order valence-electron chi connectivity index (χ0n) is 27.6. The van der Waals surface area contributed by atoms with Crippen LogP contribution in [-0.4, -0.2) is 71.3 Å². The monoisotopic (exact) mass is 614 g/mol. The molecule has 0 amide bonds. The van der Waals surface area contributed by atoms with Crippen LogP contribution in [0.1, 0.15) is 101 Å². The van der Waals surface area contributed by atoms with E-state index < -0.39 is 0 Å². The Labute approximate surface area is 270 Å². The zero-order chi connectivity index (χ0) is 31.0. The summed E-state index contributed by atoms with van der Waals surface area (Å²) in [6.07, 6.45) is 15.4. The van der Waals surface area contributed by atoms with Gasteiger partial charge in [0.1, 0.15) is 6.10 Å². The van der Waals surface area contributed by atoms with Crippen LogP contribution in [0.4, 0.5) is 0 Å². The summed E-state index contributed by atoms with van der Waals surface area (Å²) in [5.41, 5.74) is 4.19. The number of hydrogen-bond donors (Lipinski definition) is 1. The molecule has 2 aliphatic heterocycles. The van der Waals surface area contributed by atoms with Crippen molar-refractivity contribution in [3.05, 3.63) is 59.2 Å². The molecule has 1 spiro atoms. The Bertz CT molecular complexity index is 1330. The van der Waals surface area contributed by atoms with Gasteiger partial charge in [-0.2, -0.15) is 0 Å². The van der Waals surface area contributed by atoms with Crippen LogP contribution in [0.5, 0.6) is 11.5 Å². The average molecular weight is 615 g/mol. The number of aryl methyl sites for hydroxylation is 1. The number of unbranched alkanes of at least 4 members (excludes halogenated alkanes) is 5. The van der Waals surface area contributed by atoms with Gasteiger partial charge in [-0.3, -0.25) is 14.6 Å². The predicted octanol–water partition coefficient (Wildman–Crippen LogP) is 6.70. The highest BCUT2D eigenvalue weighted by Gasteiger charge is 2.66. The SMILES string of the molecule is CCCCCN(CCCCCCc1ccccc1)[C@H]1CC[C@H]2[C@H]3Cc4ccc(OC(C)=O)c5c4[C@@]2(CCN3CC2CC2O)[C@H]1O5. The first kappa shape index (κ1) is 31.2. The van der Waals surface area contributed by atoms with Crippen molar-refractivity contribution in [3.8, 4) is 11.5 Å². The van der Waals surface area contributed by atoms with Gasteiger partial charge >= 0.3 is 5.97 Å². The highest BCUT2D eigenvalue weighted by atomic mass is 16.6. The quantitative estimate of drug-likeness (QED) is 0.137. The molecule has 2 aromatic rings. The highest BCUT2D eigenvalue weighted by molar-refractivity contribution is 5.72. The average Bonchev–Trinajstić information content (AvgIpc) is 3.62. The van der Waals surface area contributed by atoms with E-state index in [1.165, 1.54) is 87.8 Å². The Morgan fingerprint density at radius 3 is 2.58 bits per heavy atom. The minimum atomic E-state index is -0.282. The normalized spacial score (nSPS) is 31.0. The lowest BCUT2D eigenvalue weighted by Gasteiger charge is -2.60. The Hall–Kier alpha value is -2.41. The lowest BCUT2D eigenvalue weighted by Crippen LogP contribution is -2.69. The summed E-state index contributed by atoms with van der Waals surface area (Å²) in [5, 5.41) is 10.2. The molecule has 7 atom stereocenters. The molecular weight excluding hydrogens is 560 g/mol. The summed E-state index contributed by atoms with van der Waals surface area (Å²) in [6, 6.07) is 16.0. The van der Waals surface area contributed by atoms with Crippen LogP contribution < -0.4 is 9.47 Å². The van der Waals surface area contributed by atoms with Gasteiger partial charge in [-0.15, -0.1) is 0 Å². The Balaban J connectivity index is 1.12. The van der Waals surface area contributed by atoms with Crippen LogP contribution in [0.3, 0.4) is 0 Å². The first-order chi connectivity index (χ1) is 22.0. The van der Waals surface area contributed by atoms with E-state index in [1.54, 1.807) is 0 Å². The molecule has 2 unspecified atom stereocenters. The van der Waals surface area contributed by atoms with E-state index in [0.29, 0.717) is 29.7 Å². The third-order valence-electron chi connectivity index (χ3n) is 12.0. The lowest BCUT2D eigenvalue weighted by molar-refractivity contribution is -0.132. The van der Waals surface area contributed by atoms with E-state index >= 15 is 0 Å². The third kappa shape index (κ3) is 6.07. The summed E-state index contributed by atoms with van der Waals surface area (Å²) in [5.74, 6) is 2.18. The van der Waals surface area contributed by atoms with Crippen molar-refractivity contribution >= 4 is 5.97 Å². The van der Waals surface area contributed by atoms with Crippen LogP contribution in [-0.2, 0) is 23.1 Å². The van der Waals surface area contributed by atoms with Gasteiger partial charge in [0.25, 0.3) is 0 Å². The number of esters is 1. The van der Waals surface area contributed by atoms with E-state index in [4.69, 9.17) is 9.47 Å². The third-order valence-corrected chi connectivity index (χ3v) is 12.0. The number of benzene rings is 2. The predicted molar refractivity (Wildman–Crippen MR) is 178 cm³/mol. The van der Waals surface area contributed by atoms with Crippen molar-refractivity contribution in [1.29, 1.82) is 0 Å². The minimum absolute atomic E-state index is 0.0238. The second-order valence-electron chi connectivity index (χ2n) is 14.8. The maximum absolute atomic E-state index is 12.2. The number of hydrogen-bond acceptors (Lipinski definition) is 6. The molecule has 2 saturated carbocycles. The first-order valence-electron chi connectivity index (χ1n) is 18.2. The van der Waals surface area contributed by atoms with Gasteiger partial charge in [-0.25, -0.2) is 0 Å². The Kier molecular flexibility index (Phi) is 9.27. The molecule has 244 valence electrons. The van der Waals surface area contributed by atoms with Crippen molar-refractivity contribution < 1.29 is 19.4 Å². The molecular formula is C39H54N2O4. The number of likely N-dealkylation sites (tertiary alicyclic amines) is 1. The molecule has 3 aliphatic carbocycles. The molecule has 45 heavy (non-hydrogen) atoms. The van der Waals surface area contributed by atoms with Gasteiger partial charge in [-0.1, -0.05) is 69.0 Å². The van der Waals surface area contributed by atoms with Crippen molar-refractivity contribution in [2.45, 2.75) is 127 Å². The van der Waals surface area contributed by atoms with Crippen molar-refractivity contribution in [2.75, 3.05) is 26.2 Å². The van der Waals surface area contributed by atoms with Gasteiger partial charge < -0.3 is 14.6 Å². The van der Waals surface area contributed by atoms with Gasteiger partial charge in [0, 0.05) is 42.4 Å². The fraction of sp³-hybridized carbons (Fsp3) is 0.667. The number of carbonyl (C=O) groups is 1. The number of carbonyl (C=O) groups excluding carboxylic acids is 1. The number of piperidine rings is 1. The Morgan fingerprint density at radius 2 is 1.82 bits per heavy atom. The molecule has 2 aromatic carbocycles. The van der Waals surface area contributed by atoms with Gasteiger partial charge in [0.15, 0.2) is 11.5 Å². The molecule has 7 rings (SSSR count). The van der Waals surface area contributed by atoms with E-state index in [1.807, 2.05) is 6.07 Å².